The number of amides is 1. The largest absolute Gasteiger partial charge is 0.444 e. The van der Waals surface area contributed by atoms with E-state index in [2.05, 4.69) is 5.32 Å². The molecule has 0 fully saturated rings. The van der Waals surface area contributed by atoms with Gasteiger partial charge < -0.3 is 10.1 Å². The van der Waals surface area contributed by atoms with Crippen molar-refractivity contribution in [1.29, 1.82) is 0 Å². The van der Waals surface area contributed by atoms with Crippen LogP contribution in [0.1, 0.15) is 63.8 Å². The van der Waals surface area contributed by atoms with Gasteiger partial charge in [-0.15, -0.1) is 0 Å². The van der Waals surface area contributed by atoms with Crippen molar-refractivity contribution in [3.63, 3.8) is 0 Å². The second kappa shape index (κ2) is 8.39. The van der Waals surface area contributed by atoms with E-state index < -0.39 is 32.5 Å². The van der Waals surface area contributed by atoms with E-state index in [1.807, 2.05) is 32.9 Å². The highest BCUT2D eigenvalue weighted by Gasteiger charge is 2.33. The molecule has 1 unspecified atom stereocenters. The van der Waals surface area contributed by atoms with Gasteiger partial charge in [0.25, 0.3) is 10.1 Å². The Bertz CT molecular complexity index is 720. The quantitative estimate of drug-likeness (QED) is 0.684. The van der Waals surface area contributed by atoms with Gasteiger partial charge >= 0.3 is 6.09 Å². The second-order valence-corrected chi connectivity index (χ2v) is 10.0. The molecule has 2 N–H and O–H groups in total. The maximum atomic E-state index is 12.0. The first-order chi connectivity index (χ1) is 11.7. The topological polar surface area (TPSA) is 92.7 Å². The Morgan fingerprint density at radius 2 is 1.77 bits per heavy atom. The summed E-state index contributed by atoms with van der Waals surface area (Å²) in [6.45, 7) is 11.4. The van der Waals surface area contributed by atoms with E-state index in [-0.39, 0.29) is 6.42 Å². The van der Waals surface area contributed by atoms with Crippen LogP contribution in [0.15, 0.2) is 24.3 Å². The zero-order chi connectivity index (χ0) is 20.2. The Kier molecular flexibility index (Phi) is 7.24. The van der Waals surface area contributed by atoms with Crippen LogP contribution in [0.4, 0.5) is 4.79 Å². The van der Waals surface area contributed by atoms with E-state index in [0.29, 0.717) is 18.5 Å². The molecule has 1 rings (SSSR count). The monoisotopic (exact) mass is 385 g/mol. The Morgan fingerprint density at radius 3 is 2.27 bits per heavy atom. The summed E-state index contributed by atoms with van der Waals surface area (Å²) in [5.41, 5.74) is 0.430. The highest BCUT2D eigenvalue weighted by Crippen LogP contribution is 2.38. The van der Waals surface area contributed by atoms with Gasteiger partial charge in [0.1, 0.15) is 10.9 Å². The van der Waals surface area contributed by atoms with Crippen molar-refractivity contribution in [2.45, 2.75) is 65.2 Å². The molecule has 0 aliphatic heterocycles. The number of hydrogen-bond acceptors (Lipinski definition) is 4. The average Bonchev–Trinajstić information content (AvgIpc) is 2.42. The molecule has 0 radical (unpaired) electrons. The molecule has 6 nitrogen and oxygen atoms in total. The molecule has 0 spiro atoms. The van der Waals surface area contributed by atoms with E-state index >= 15 is 0 Å². The van der Waals surface area contributed by atoms with Crippen molar-refractivity contribution in [1.82, 2.24) is 5.32 Å². The molecule has 0 bridgehead atoms. The molecule has 1 aromatic carbocycles. The maximum absolute atomic E-state index is 12.0. The Morgan fingerprint density at radius 1 is 1.19 bits per heavy atom. The van der Waals surface area contributed by atoms with Gasteiger partial charge in [-0.3, -0.25) is 4.55 Å². The lowest BCUT2D eigenvalue weighted by Gasteiger charge is -2.29. The van der Waals surface area contributed by atoms with E-state index in [0.717, 1.165) is 5.56 Å². The Hall–Kier alpha value is -1.60. The fraction of sp³-hybridized carbons (Fsp3) is 0.632. The Labute approximate surface area is 157 Å². The summed E-state index contributed by atoms with van der Waals surface area (Å²) >= 11 is 0. The van der Waals surface area contributed by atoms with Crippen LogP contribution in [0.25, 0.3) is 0 Å². The van der Waals surface area contributed by atoms with Crippen LogP contribution < -0.4 is 5.32 Å². The standard InChI is InChI=1S/C19H31NO5S/c1-14-9-7-8-10-15(14)16(26(22,23)24)13-19(5,6)11-12-20-17(21)25-18(2,3)4/h7-10,16H,11-13H2,1-6H3,(H,20,21)(H,22,23,24). The number of carbonyl (C=O) groups excluding carboxylic acids is 1. The van der Waals surface area contributed by atoms with Gasteiger partial charge in [0.15, 0.2) is 0 Å². The van der Waals surface area contributed by atoms with Gasteiger partial charge in [0.2, 0.25) is 0 Å². The van der Waals surface area contributed by atoms with Crippen LogP contribution in [-0.4, -0.2) is 31.2 Å². The van der Waals surface area contributed by atoms with Gasteiger partial charge in [-0.1, -0.05) is 38.1 Å². The third-order valence-electron chi connectivity index (χ3n) is 4.10. The molecule has 0 aliphatic rings. The molecule has 1 atom stereocenters. The first-order valence-corrected chi connectivity index (χ1v) is 10.2. The number of hydrogen-bond donors (Lipinski definition) is 2. The minimum Gasteiger partial charge on any atom is -0.444 e. The number of nitrogens with one attached hydrogen (secondary N) is 1. The smallest absolute Gasteiger partial charge is 0.407 e. The molecule has 1 aromatic rings. The molecular weight excluding hydrogens is 354 g/mol. The van der Waals surface area contributed by atoms with Gasteiger partial charge in [-0.05, 0) is 57.1 Å². The minimum atomic E-state index is -4.25. The molecule has 0 saturated carbocycles. The van der Waals surface area contributed by atoms with Crippen molar-refractivity contribution in [3.8, 4) is 0 Å². The van der Waals surface area contributed by atoms with E-state index in [1.54, 1.807) is 32.9 Å². The van der Waals surface area contributed by atoms with Crippen LogP contribution in [0.5, 0.6) is 0 Å². The molecule has 148 valence electrons. The normalized spacial score (nSPS) is 14.0. The third-order valence-corrected chi connectivity index (χ3v) is 5.24. The number of aryl methyl sites for hydroxylation is 1. The molecule has 26 heavy (non-hydrogen) atoms. The van der Waals surface area contributed by atoms with Crippen LogP contribution in [0.3, 0.4) is 0 Å². The van der Waals surface area contributed by atoms with Crippen molar-refractivity contribution < 1.29 is 22.5 Å². The molecule has 0 saturated heterocycles. The minimum absolute atomic E-state index is 0.243. The number of benzene rings is 1. The summed E-state index contributed by atoms with van der Waals surface area (Å²) in [6, 6.07) is 7.14. The lowest BCUT2D eigenvalue weighted by molar-refractivity contribution is 0.0521. The molecule has 7 heteroatoms. The lowest BCUT2D eigenvalue weighted by atomic mass is 9.82. The average molecular weight is 386 g/mol. The van der Waals surface area contributed by atoms with E-state index in [9.17, 15) is 17.8 Å². The molecular formula is C19H31NO5S. The lowest BCUT2D eigenvalue weighted by Crippen LogP contribution is -2.34. The first-order valence-electron chi connectivity index (χ1n) is 8.70. The molecule has 0 aromatic heterocycles. The van der Waals surface area contributed by atoms with Crippen molar-refractivity contribution in [3.05, 3.63) is 35.4 Å². The summed E-state index contributed by atoms with van der Waals surface area (Å²) in [4.78, 5) is 11.7. The summed E-state index contributed by atoms with van der Waals surface area (Å²) in [6.07, 6.45) is 0.287. The van der Waals surface area contributed by atoms with Gasteiger partial charge in [-0.2, -0.15) is 8.42 Å². The summed E-state index contributed by atoms with van der Waals surface area (Å²) in [5.74, 6) is 0. The third kappa shape index (κ3) is 7.74. The second-order valence-electron chi connectivity index (χ2n) is 8.41. The SMILES string of the molecule is Cc1ccccc1C(CC(C)(C)CCNC(=O)OC(C)(C)C)S(=O)(=O)O. The molecule has 0 aliphatic carbocycles. The summed E-state index contributed by atoms with van der Waals surface area (Å²) in [7, 11) is -4.25. The predicted octanol–water partition coefficient (Wildman–Crippen LogP) is 4.26. The number of alkyl carbamates (subject to hydrolysis) is 1. The van der Waals surface area contributed by atoms with Crippen LogP contribution in [0.2, 0.25) is 0 Å². The van der Waals surface area contributed by atoms with Crippen molar-refractivity contribution >= 4 is 16.2 Å². The van der Waals surface area contributed by atoms with Gasteiger partial charge in [0.05, 0.1) is 0 Å². The molecule has 0 heterocycles. The fourth-order valence-electron chi connectivity index (χ4n) is 2.74. The van der Waals surface area contributed by atoms with Crippen molar-refractivity contribution in [2.75, 3.05) is 6.54 Å². The zero-order valence-corrected chi connectivity index (χ0v) is 17.3. The highest BCUT2D eigenvalue weighted by molar-refractivity contribution is 7.86. The van der Waals surface area contributed by atoms with Crippen LogP contribution in [-0.2, 0) is 14.9 Å². The zero-order valence-electron chi connectivity index (χ0n) is 16.5. The number of ether oxygens (including phenoxy) is 1. The van der Waals surface area contributed by atoms with Gasteiger partial charge in [-0.25, -0.2) is 4.79 Å². The van der Waals surface area contributed by atoms with Crippen LogP contribution >= 0.6 is 0 Å². The fourth-order valence-corrected chi connectivity index (χ4v) is 3.99. The first kappa shape index (κ1) is 22.4. The summed E-state index contributed by atoms with van der Waals surface area (Å²) in [5, 5.41) is 1.69. The van der Waals surface area contributed by atoms with E-state index in [4.69, 9.17) is 4.74 Å². The summed E-state index contributed by atoms with van der Waals surface area (Å²) < 4.78 is 38.9. The van der Waals surface area contributed by atoms with Crippen molar-refractivity contribution in [2.24, 2.45) is 5.41 Å². The number of carbonyl (C=O) groups is 1. The van der Waals surface area contributed by atoms with Crippen LogP contribution in [0, 0.1) is 12.3 Å². The highest BCUT2D eigenvalue weighted by atomic mass is 32.2. The predicted molar refractivity (Wildman–Crippen MR) is 103 cm³/mol. The van der Waals surface area contributed by atoms with E-state index in [1.165, 1.54) is 0 Å². The Balaban J connectivity index is 2.78. The van der Waals surface area contributed by atoms with Gasteiger partial charge in [0, 0.05) is 6.54 Å². The maximum Gasteiger partial charge on any atom is 0.407 e. The molecule has 1 amide bonds. The number of rotatable bonds is 7.